The highest BCUT2D eigenvalue weighted by atomic mass is 19.4. The van der Waals surface area contributed by atoms with Gasteiger partial charge >= 0.3 is 6.18 Å². The fraction of sp³-hybridized carbons (Fsp3) is 0.500. The molecule has 0 aliphatic carbocycles. The van der Waals surface area contributed by atoms with Gasteiger partial charge in [-0.1, -0.05) is 0 Å². The van der Waals surface area contributed by atoms with Crippen LogP contribution < -0.4 is 5.32 Å². The highest BCUT2D eigenvalue weighted by Crippen LogP contribution is 2.33. The zero-order valence-electron chi connectivity index (χ0n) is 11.1. The van der Waals surface area contributed by atoms with E-state index in [1.165, 1.54) is 11.7 Å². The van der Waals surface area contributed by atoms with E-state index in [4.69, 9.17) is 0 Å². The number of rotatable bonds is 1. The van der Waals surface area contributed by atoms with Crippen molar-refractivity contribution in [3.05, 3.63) is 23.0 Å². The van der Waals surface area contributed by atoms with Crippen LogP contribution in [0.4, 0.5) is 13.2 Å². The summed E-state index contributed by atoms with van der Waals surface area (Å²) in [5.41, 5.74) is 2.17. The molecule has 0 radical (unpaired) electrons. The van der Waals surface area contributed by atoms with Crippen LogP contribution >= 0.6 is 0 Å². The lowest BCUT2D eigenvalue weighted by molar-refractivity contribution is -0.141. The number of hydrogen-bond donors (Lipinski definition) is 1. The molecule has 5 nitrogen and oxygen atoms in total. The van der Waals surface area contributed by atoms with E-state index in [0.29, 0.717) is 17.9 Å². The van der Waals surface area contributed by atoms with Gasteiger partial charge in [-0.25, -0.2) is 0 Å². The summed E-state index contributed by atoms with van der Waals surface area (Å²) < 4.78 is 41.2. The van der Waals surface area contributed by atoms with Crippen LogP contribution in [-0.4, -0.2) is 26.1 Å². The minimum atomic E-state index is -4.43. The van der Waals surface area contributed by atoms with Crippen LogP contribution in [0.2, 0.25) is 0 Å². The third-order valence-corrected chi connectivity index (χ3v) is 3.49. The number of hydrogen-bond acceptors (Lipinski definition) is 3. The SMILES string of the molecule is Cn1nc(C(F)(F)F)cc1-c1c2c(nn1C)CNCC2. The molecule has 0 spiro atoms. The van der Waals surface area contributed by atoms with E-state index in [9.17, 15) is 13.2 Å². The Morgan fingerprint density at radius 2 is 1.95 bits per heavy atom. The Hall–Kier alpha value is -1.83. The van der Waals surface area contributed by atoms with Gasteiger partial charge in [-0.2, -0.15) is 23.4 Å². The van der Waals surface area contributed by atoms with Crippen molar-refractivity contribution < 1.29 is 13.2 Å². The Morgan fingerprint density at radius 3 is 2.60 bits per heavy atom. The van der Waals surface area contributed by atoms with Crippen molar-refractivity contribution >= 4 is 0 Å². The van der Waals surface area contributed by atoms with Crippen molar-refractivity contribution in [2.75, 3.05) is 6.54 Å². The molecular formula is C12H14F3N5. The number of aromatic nitrogens is 4. The maximum atomic E-state index is 12.8. The summed E-state index contributed by atoms with van der Waals surface area (Å²) in [5.74, 6) is 0. The molecule has 0 bridgehead atoms. The van der Waals surface area contributed by atoms with Crippen LogP contribution in [0.25, 0.3) is 11.4 Å². The number of fused-ring (bicyclic) bond motifs is 1. The molecular weight excluding hydrogens is 271 g/mol. The molecule has 1 N–H and O–H groups in total. The summed E-state index contributed by atoms with van der Waals surface area (Å²) in [4.78, 5) is 0. The Kier molecular flexibility index (Phi) is 2.86. The molecule has 0 fully saturated rings. The molecule has 0 atom stereocenters. The lowest BCUT2D eigenvalue weighted by Crippen LogP contribution is -2.23. The van der Waals surface area contributed by atoms with Gasteiger partial charge < -0.3 is 5.32 Å². The number of nitrogens with zero attached hydrogens (tertiary/aromatic N) is 4. The number of aryl methyl sites for hydroxylation is 2. The highest BCUT2D eigenvalue weighted by molar-refractivity contribution is 5.62. The van der Waals surface area contributed by atoms with Gasteiger partial charge in [0.15, 0.2) is 5.69 Å². The van der Waals surface area contributed by atoms with Crippen LogP contribution in [0.5, 0.6) is 0 Å². The van der Waals surface area contributed by atoms with Crippen molar-refractivity contribution in [3.63, 3.8) is 0 Å². The Balaban J connectivity index is 2.14. The van der Waals surface area contributed by atoms with Crippen LogP contribution in [0.15, 0.2) is 6.07 Å². The van der Waals surface area contributed by atoms with E-state index in [-0.39, 0.29) is 0 Å². The Morgan fingerprint density at radius 1 is 1.20 bits per heavy atom. The molecule has 0 aromatic carbocycles. The second-order valence-corrected chi connectivity index (χ2v) is 4.86. The molecule has 8 heteroatoms. The van der Waals surface area contributed by atoms with Gasteiger partial charge in [0.05, 0.1) is 17.1 Å². The van der Waals surface area contributed by atoms with Crippen molar-refractivity contribution in [2.24, 2.45) is 14.1 Å². The molecule has 0 amide bonds. The zero-order valence-corrected chi connectivity index (χ0v) is 11.1. The first kappa shape index (κ1) is 13.2. The van der Waals surface area contributed by atoms with Crippen molar-refractivity contribution in [2.45, 2.75) is 19.1 Å². The standard InChI is InChI=1S/C12H14F3N5/c1-19-9(5-10(18-19)12(13,14)15)11-7-3-4-16-6-8(7)17-20(11)2/h5,16H,3-4,6H2,1-2H3. The normalized spacial score (nSPS) is 15.4. The molecule has 0 saturated heterocycles. The van der Waals surface area contributed by atoms with Crippen LogP contribution in [0, 0.1) is 0 Å². The summed E-state index contributed by atoms with van der Waals surface area (Å²) in [7, 11) is 3.26. The van der Waals surface area contributed by atoms with Gasteiger partial charge in [-0.05, 0) is 19.0 Å². The molecule has 1 aliphatic rings. The lowest BCUT2D eigenvalue weighted by Gasteiger charge is -2.12. The Labute approximate surface area is 113 Å². The average molecular weight is 285 g/mol. The second kappa shape index (κ2) is 4.34. The lowest BCUT2D eigenvalue weighted by atomic mass is 10.0. The number of nitrogens with one attached hydrogen (secondary N) is 1. The van der Waals surface area contributed by atoms with Gasteiger partial charge in [-0.3, -0.25) is 9.36 Å². The molecule has 3 heterocycles. The van der Waals surface area contributed by atoms with E-state index in [1.807, 2.05) is 0 Å². The van der Waals surface area contributed by atoms with Crippen LogP contribution in [0.3, 0.4) is 0 Å². The second-order valence-electron chi connectivity index (χ2n) is 4.86. The van der Waals surface area contributed by atoms with Gasteiger partial charge in [0.2, 0.25) is 0 Å². The van der Waals surface area contributed by atoms with Gasteiger partial charge in [-0.15, -0.1) is 0 Å². The molecule has 108 valence electrons. The topological polar surface area (TPSA) is 47.7 Å². The van der Waals surface area contributed by atoms with E-state index < -0.39 is 11.9 Å². The predicted octanol–water partition coefficient (Wildman–Crippen LogP) is 1.49. The molecule has 20 heavy (non-hydrogen) atoms. The fourth-order valence-electron chi connectivity index (χ4n) is 2.60. The monoisotopic (exact) mass is 285 g/mol. The molecule has 2 aromatic rings. The quantitative estimate of drug-likeness (QED) is 0.863. The summed E-state index contributed by atoms with van der Waals surface area (Å²) >= 11 is 0. The summed E-state index contributed by atoms with van der Waals surface area (Å²) in [6, 6.07) is 1.08. The summed E-state index contributed by atoms with van der Waals surface area (Å²) in [5, 5.41) is 11.1. The molecule has 0 unspecified atom stereocenters. The molecule has 1 aliphatic heterocycles. The highest BCUT2D eigenvalue weighted by Gasteiger charge is 2.35. The zero-order chi connectivity index (χ0) is 14.5. The summed E-state index contributed by atoms with van der Waals surface area (Å²) in [6.45, 7) is 1.45. The third-order valence-electron chi connectivity index (χ3n) is 3.49. The number of alkyl halides is 3. The van der Waals surface area contributed by atoms with Crippen molar-refractivity contribution in [1.82, 2.24) is 24.9 Å². The van der Waals surface area contributed by atoms with E-state index in [0.717, 1.165) is 30.3 Å². The van der Waals surface area contributed by atoms with E-state index in [2.05, 4.69) is 15.5 Å². The first-order valence-electron chi connectivity index (χ1n) is 6.25. The van der Waals surface area contributed by atoms with Crippen LogP contribution in [-0.2, 0) is 33.2 Å². The largest absolute Gasteiger partial charge is 0.435 e. The van der Waals surface area contributed by atoms with Gasteiger partial charge in [0.1, 0.15) is 0 Å². The maximum absolute atomic E-state index is 12.8. The molecule has 0 saturated carbocycles. The first-order valence-corrected chi connectivity index (χ1v) is 6.25. The smallest absolute Gasteiger partial charge is 0.311 e. The van der Waals surface area contributed by atoms with E-state index in [1.54, 1.807) is 11.7 Å². The number of halogens is 3. The minimum absolute atomic E-state index is 0.440. The van der Waals surface area contributed by atoms with E-state index >= 15 is 0 Å². The van der Waals surface area contributed by atoms with Gasteiger partial charge in [0.25, 0.3) is 0 Å². The molecule has 3 rings (SSSR count). The fourth-order valence-corrected chi connectivity index (χ4v) is 2.60. The minimum Gasteiger partial charge on any atom is -0.311 e. The summed E-state index contributed by atoms with van der Waals surface area (Å²) in [6.07, 6.45) is -3.68. The first-order chi connectivity index (χ1) is 9.38. The Bertz CT molecular complexity index is 653. The van der Waals surface area contributed by atoms with Gasteiger partial charge in [0, 0.05) is 26.2 Å². The average Bonchev–Trinajstić information content (AvgIpc) is 2.88. The maximum Gasteiger partial charge on any atom is 0.435 e. The third kappa shape index (κ3) is 2.00. The van der Waals surface area contributed by atoms with Crippen molar-refractivity contribution in [1.29, 1.82) is 0 Å². The van der Waals surface area contributed by atoms with Crippen molar-refractivity contribution in [3.8, 4) is 11.4 Å². The predicted molar refractivity (Wildman–Crippen MR) is 65.8 cm³/mol. The molecule has 2 aromatic heterocycles. The van der Waals surface area contributed by atoms with Crippen LogP contribution in [0.1, 0.15) is 17.0 Å².